The van der Waals surface area contributed by atoms with Crippen LogP contribution in [-0.2, 0) is 0 Å². The Morgan fingerprint density at radius 1 is 0.326 bits per heavy atom. The zero-order valence-electron chi connectivity index (χ0n) is 25.4. The molecule has 2 nitrogen and oxygen atoms in total. The molecule has 1 aromatic heterocycles. The summed E-state index contributed by atoms with van der Waals surface area (Å²) in [4.78, 5) is 2.29. The summed E-state index contributed by atoms with van der Waals surface area (Å²) in [6.07, 6.45) is 0. The van der Waals surface area contributed by atoms with Crippen molar-refractivity contribution >= 4 is 28.0 Å². The van der Waals surface area contributed by atoms with Gasteiger partial charge in [-0.15, -0.1) is 0 Å². The summed E-state index contributed by atoms with van der Waals surface area (Å²) in [6.45, 7) is 0. The van der Waals surface area contributed by atoms with E-state index in [1.54, 1.807) is 0 Å². The van der Waals surface area contributed by atoms with Gasteiger partial charge in [0, 0.05) is 33.7 Å². The van der Waals surface area contributed by atoms with Crippen molar-refractivity contribution in [2.24, 2.45) is 0 Å². The van der Waals surface area contributed by atoms with Crippen LogP contribution in [0, 0.1) is 0 Å². The summed E-state index contributed by atoms with van der Waals surface area (Å²) in [5.74, 6) is 0. The molecule has 0 spiro atoms. The van der Waals surface area contributed by atoms with E-state index in [4.69, 9.17) is 0 Å². The van der Waals surface area contributed by atoms with Crippen molar-refractivity contribution in [1.29, 1.82) is 0 Å². The van der Waals surface area contributed by atoms with E-state index in [0.29, 0.717) is 0 Å². The van der Waals surface area contributed by atoms with Gasteiger partial charge < -0.3 is 9.47 Å². The van der Waals surface area contributed by atoms with Gasteiger partial charge in [-0.1, -0.05) is 140 Å². The van der Waals surface area contributed by atoms with Crippen LogP contribution in [0.5, 0.6) is 0 Å². The highest BCUT2D eigenvalue weighted by Crippen LogP contribution is 2.43. The van der Waals surface area contributed by atoms with E-state index in [-0.39, 0.29) is 0 Å². The summed E-state index contributed by atoms with van der Waals surface area (Å²) in [6, 6.07) is 69.1. The second-order valence-electron chi connectivity index (χ2n) is 11.4. The molecule has 0 saturated heterocycles. The zero-order valence-corrected chi connectivity index (χ0v) is 25.4. The van der Waals surface area contributed by atoms with Crippen molar-refractivity contribution in [1.82, 2.24) is 4.57 Å². The van der Waals surface area contributed by atoms with Crippen molar-refractivity contribution in [3.8, 4) is 39.2 Å². The van der Waals surface area contributed by atoms with Crippen molar-refractivity contribution < 1.29 is 0 Å². The Hall–Kier alpha value is -6.12. The van der Waals surface area contributed by atoms with E-state index in [1.165, 1.54) is 44.4 Å². The van der Waals surface area contributed by atoms with Gasteiger partial charge in [-0.3, -0.25) is 0 Å². The van der Waals surface area contributed by atoms with Gasteiger partial charge in [-0.25, -0.2) is 0 Å². The lowest BCUT2D eigenvalue weighted by atomic mass is 9.98. The predicted octanol–water partition coefficient (Wildman–Crippen LogP) is 12.1. The highest BCUT2D eigenvalue weighted by Gasteiger charge is 2.21. The molecule has 0 saturated carbocycles. The van der Waals surface area contributed by atoms with Gasteiger partial charge in [0.05, 0.1) is 11.2 Å². The molecule has 0 aliphatic carbocycles. The maximum atomic E-state index is 2.41. The van der Waals surface area contributed by atoms with E-state index in [1.807, 2.05) is 0 Å². The number of anilines is 3. The van der Waals surface area contributed by atoms with Crippen molar-refractivity contribution in [2.75, 3.05) is 4.90 Å². The standard InChI is InChI=1S/C44H32N2/c1-5-15-35(16-6-1)43-41-23-13-14-24-42(41)46(44(43)36-17-7-2-8-18-36)40-31-27-34(28-32-40)33-25-29-39(30-26-33)45(37-19-9-3-10-20-37)38-21-11-4-12-22-38/h1-32H. The molecular formula is C44H32N2. The van der Waals surface area contributed by atoms with Gasteiger partial charge in [0.1, 0.15) is 0 Å². The Morgan fingerprint density at radius 2 is 0.761 bits per heavy atom. The lowest BCUT2D eigenvalue weighted by Crippen LogP contribution is -2.09. The van der Waals surface area contributed by atoms with Crippen LogP contribution < -0.4 is 4.90 Å². The zero-order chi connectivity index (χ0) is 30.7. The van der Waals surface area contributed by atoms with E-state index >= 15 is 0 Å². The number of nitrogens with zero attached hydrogens (tertiary/aromatic N) is 2. The summed E-state index contributed by atoms with van der Waals surface area (Å²) in [7, 11) is 0. The molecule has 0 aliphatic heterocycles. The monoisotopic (exact) mass is 588 g/mol. The fourth-order valence-corrected chi connectivity index (χ4v) is 6.48. The Bertz CT molecular complexity index is 2160. The van der Waals surface area contributed by atoms with E-state index in [9.17, 15) is 0 Å². The highest BCUT2D eigenvalue weighted by atomic mass is 15.1. The number of rotatable bonds is 7. The van der Waals surface area contributed by atoms with Crippen molar-refractivity contribution in [2.45, 2.75) is 0 Å². The van der Waals surface area contributed by atoms with E-state index < -0.39 is 0 Å². The molecule has 0 aliphatic rings. The molecule has 0 N–H and O–H groups in total. The summed E-state index contributed by atoms with van der Waals surface area (Å²) in [5.41, 5.74) is 12.9. The van der Waals surface area contributed by atoms with Crippen LogP contribution in [0.2, 0.25) is 0 Å². The van der Waals surface area contributed by atoms with Gasteiger partial charge >= 0.3 is 0 Å². The number of fused-ring (bicyclic) bond motifs is 1. The van der Waals surface area contributed by atoms with Crippen LogP contribution in [0.25, 0.3) is 50.1 Å². The van der Waals surface area contributed by atoms with Crippen LogP contribution in [0.3, 0.4) is 0 Å². The van der Waals surface area contributed by atoms with Crippen LogP contribution in [0.1, 0.15) is 0 Å². The van der Waals surface area contributed by atoms with Gasteiger partial charge in [0.2, 0.25) is 0 Å². The topological polar surface area (TPSA) is 8.17 Å². The highest BCUT2D eigenvalue weighted by molar-refractivity contribution is 6.05. The first-order valence-corrected chi connectivity index (χ1v) is 15.7. The van der Waals surface area contributed by atoms with Crippen LogP contribution >= 0.6 is 0 Å². The fourth-order valence-electron chi connectivity index (χ4n) is 6.48. The van der Waals surface area contributed by atoms with E-state index in [0.717, 1.165) is 22.7 Å². The first-order chi connectivity index (χ1) is 22.8. The van der Waals surface area contributed by atoms with E-state index in [2.05, 4.69) is 204 Å². The normalized spacial score (nSPS) is 11.0. The molecule has 8 rings (SSSR count). The molecule has 8 aromatic rings. The van der Waals surface area contributed by atoms with Gasteiger partial charge in [-0.2, -0.15) is 0 Å². The number of hydrogen-bond donors (Lipinski definition) is 0. The third-order valence-corrected chi connectivity index (χ3v) is 8.60. The van der Waals surface area contributed by atoms with Gasteiger partial charge in [0.15, 0.2) is 0 Å². The third kappa shape index (κ3) is 5.06. The average molecular weight is 589 g/mol. The summed E-state index contributed by atoms with van der Waals surface area (Å²) >= 11 is 0. The first kappa shape index (κ1) is 27.4. The maximum Gasteiger partial charge on any atom is 0.0619 e. The smallest absolute Gasteiger partial charge is 0.0619 e. The minimum Gasteiger partial charge on any atom is -0.311 e. The van der Waals surface area contributed by atoms with Gasteiger partial charge in [0.25, 0.3) is 0 Å². The molecule has 2 heteroatoms. The Balaban J connectivity index is 1.20. The minimum absolute atomic E-state index is 1.12. The Kier molecular flexibility index (Phi) is 7.22. The maximum absolute atomic E-state index is 2.41. The first-order valence-electron chi connectivity index (χ1n) is 15.7. The molecular weight excluding hydrogens is 556 g/mol. The Morgan fingerprint density at radius 3 is 1.33 bits per heavy atom. The minimum atomic E-state index is 1.12. The quantitative estimate of drug-likeness (QED) is 0.180. The molecule has 0 atom stereocenters. The number of hydrogen-bond acceptors (Lipinski definition) is 1. The molecule has 1 heterocycles. The van der Waals surface area contributed by atoms with Crippen LogP contribution in [0.4, 0.5) is 17.1 Å². The van der Waals surface area contributed by atoms with Gasteiger partial charge in [-0.05, 0) is 76.9 Å². The lowest BCUT2D eigenvalue weighted by Gasteiger charge is -2.25. The molecule has 0 fully saturated rings. The molecule has 0 radical (unpaired) electrons. The molecule has 46 heavy (non-hydrogen) atoms. The number of para-hydroxylation sites is 3. The van der Waals surface area contributed by atoms with Crippen LogP contribution in [0.15, 0.2) is 194 Å². The molecule has 0 amide bonds. The fraction of sp³-hybridized carbons (Fsp3) is 0. The molecule has 0 bridgehead atoms. The number of aromatic nitrogens is 1. The molecule has 218 valence electrons. The SMILES string of the molecule is c1ccc(-c2c(-c3ccccc3)n(-c3ccc(-c4ccc(N(c5ccccc5)c5ccccc5)cc4)cc3)c3ccccc23)cc1. The van der Waals surface area contributed by atoms with Crippen molar-refractivity contribution in [3.63, 3.8) is 0 Å². The second kappa shape index (κ2) is 12.1. The third-order valence-electron chi connectivity index (χ3n) is 8.60. The Labute approximate surface area is 270 Å². The lowest BCUT2D eigenvalue weighted by molar-refractivity contribution is 1.14. The predicted molar refractivity (Wildman–Crippen MR) is 194 cm³/mol. The number of benzene rings is 7. The summed E-state index contributed by atoms with van der Waals surface area (Å²) < 4.78 is 2.41. The molecule has 7 aromatic carbocycles. The molecule has 0 unspecified atom stereocenters. The average Bonchev–Trinajstić information content (AvgIpc) is 3.49. The van der Waals surface area contributed by atoms with Crippen LogP contribution in [-0.4, -0.2) is 4.57 Å². The second-order valence-corrected chi connectivity index (χ2v) is 11.4. The van der Waals surface area contributed by atoms with Crippen molar-refractivity contribution in [3.05, 3.63) is 194 Å². The largest absolute Gasteiger partial charge is 0.311 e. The summed E-state index contributed by atoms with van der Waals surface area (Å²) in [5, 5.41) is 1.24.